The molecule has 0 radical (unpaired) electrons. The Labute approximate surface area is 112 Å². The number of nitrogens with zero attached hydrogens (tertiary/aromatic N) is 2. The van der Waals surface area contributed by atoms with Gasteiger partial charge < -0.3 is 21.7 Å². The molecule has 0 unspecified atom stereocenters. The van der Waals surface area contributed by atoms with E-state index in [1.54, 1.807) is 12.3 Å². The smallest absolute Gasteiger partial charge is 0.237 e. The van der Waals surface area contributed by atoms with Gasteiger partial charge in [0.1, 0.15) is 5.82 Å². The molecule has 0 bridgehead atoms. The first kappa shape index (κ1) is 14.9. The second-order valence-electron chi connectivity index (χ2n) is 4.09. The number of aromatic nitrogens is 1. The lowest BCUT2D eigenvalue weighted by Gasteiger charge is -2.20. The number of carbonyl (C=O) groups is 2. The first-order valence-electron chi connectivity index (χ1n) is 6.00. The molecule has 1 heterocycles. The summed E-state index contributed by atoms with van der Waals surface area (Å²) in [5.74, 6) is -0.586. The van der Waals surface area contributed by atoms with Crippen molar-refractivity contribution < 1.29 is 9.59 Å². The number of nitrogens with one attached hydrogen (secondary N) is 1. The fourth-order valence-corrected chi connectivity index (χ4v) is 1.57. The zero-order chi connectivity index (χ0) is 14.3. The van der Waals surface area contributed by atoms with Gasteiger partial charge in [-0.15, -0.1) is 0 Å². The topological polar surface area (TPSA) is 114 Å². The Balaban J connectivity index is 2.77. The van der Waals surface area contributed by atoms with Gasteiger partial charge in [0.25, 0.3) is 0 Å². The van der Waals surface area contributed by atoms with E-state index in [0.29, 0.717) is 5.82 Å². The lowest BCUT2D eigenvalue weighted by Crippen LogP contribution is -2.40. The summed E-state index contributed by atoms with van der Waals surface area (Å²) >= 11 is 0. The molecule has 1 rings (SSSR count). The van der Waals surface area contributed by atoms with E-state index in [2.05, 4.69) is 10.3 Å². The minimum Gasteiger partial charge on any atom is -0.368 e. The summed E-state index contributed by atoms with van der Waals surface area (Å²) in [4.78, 5) is 27.6. The fourth-order valence-electron chi connectivity index (χ4n) is 1.57. The van der Waals surface area contributed by atoms with Crippen LogP contribution < -0.4 is 21.7 Å². The molecule has 0 aliphatic carbocycles. The van der Waals surface area contributed by atoms with Crippen molar-refractivity contribution in [1.82, 2.24) is 10.3 Å². The van der Waals surface area contributed by atoms with Crippen molar-refractivity contribution in [2.45, 2.75) is 13.5 Å². The molecule has 1 aromatic heterocycles. The van der Waals surface area contributed by atoms with Crippen LogP contribution in [0.2, 0.25) is 0 Å². The van der Waals surface area contributed by atoms with Gasteiger partial charge in [-0.1, -0.05) is 13.0 Å². The van der Waals surface area contributed by atoms with Crippen LogP contribution in [-0.2, 0) is 16.1 Å². The standard InChI is InChI=1S/C12H19N5O2/c1-2-15-5-9-3-4-12(16-6-9)17(7-10(13)18)8-11(14)19/h3-4,6,15H,2,5,7-8H2,1H3,(H2,13,18)(H2,14,19). The number of rotatable bonds is 8. The van der Waals surface area contributed by atoms with E-state index in [9.17, 15) is 9.59 Å². The largest absolute Gasteiger partial charge is 0.368 e. The molecule has 0 saturated heterocycles. The zero-order valence-electron chi connectivity index (χ0n) is 10.9. The number of hydrogen-bond donors (Lipinski definition) is 3. The molecule has 0 spiro atoms. The molecule has 0 saturated carbocycles. The summed E-state index contributed by atoms with van der Waals surface area (Å²) in [6.45, 7) is 3.42. The van der Waals surface area contributed by atoms with Gasteiger partial charge in [-0.3, -0.25) is 9.59 Å². The lowest BCUT2D eigenvalue weighted by molar-refractivity contribution is -0.117. The maximum Gasteiger partial charge on any atom is 0.237 e. The predicted molar refractivity (Wildman–Crippen MR) is 72.2 cm³/mol. The predicted octanol–water partition coefficient (Wildman–Crippen LogP) is -1.03. The third kappa shape index (κ3) is 5.35. The van der Waals surface area contributed by atoms with Crippen molar-refractivity contribution >= 4 is 17.6 Å². The van der Waals surface area contributed by atoms with Crippen LogP contribution in [0.5, 0.6) is 0 Å². The van der Waals surface area contributed by atoms with Gasteiger partial charge in [-0.25, -0.2) is 4.98 Å². The normalized spacial score (nSPS) is 10.2. The molecule has 7 nitrogen and oxygen atoms in total. The van der Waals surface area contributed by atoms with Gasteiger partial charge in [-0.05, 0) is 18.2 Å². The average Bonchev–Trinajstić information content (AvgIpc) is 2.35. The second kappa shape index (κ2) is 7.32. The number of hydrogen-bond acceptors (Lipinski definition) is 5. The Morgan fingerprint density at radius 3 is 2.32 bits per heavy atom. The highest BCUT2D eigenvalue weighted by atomic mass is 16.2. The number of nitrogens with two attached hydrogens (primary N) is 2. The highest BCUT2D eigenvalue weighted by Crippen LogP contribution is 2.10. The Kier molecular flexibility index (Phi) is 5.74. The monoisotopic (exact) mass is 265 g/mol. The van der Waals surface area contributed by atoms with E-state index in [-0.39, 0.29) is 13.1 Å². The van der Waals surface area contributed by atoms with Gasteiger partial charge in [0.2, 0.25) is 11.8 Å². The van der Waals surface area contributed by atoms with Gasteiger partial charge in [0.05, 0.1) is 13.1 Å². The second-order valence-corrected chi connectivity index (χ2v) is 4.09. The average molecular weight is 265 g/mol. The van der Waals surface area contributed by atoms with Crippen LogP contribution >= 0.6 is 0 Å². The molecule has 1 aromatic rings. The van der Waals surface area contributed by atoms with Crippen molar-refractivity contribution in [3.63, 3.8) is 0 Å². The van der Waals surface area contributed by atoms with E-state index in [4.69, 9.17) is 11.5 Å². The molecule has 5 N–H and O–H groups in total. The molecule has 2 amide bonds. The van der Waals surface area contributed by atoms with Crippen LogP contribution in [0.25, 0.3) is 0 Å². The van der Waals surface area contributed by atoms with E-state index >= 15 is 0 Å². The summed E-state index contributed by atoms with van der Waals surface area (Å²) in [6.07, 6.45) is 1.69. The van der Waals surface area contributed by atoms with Crippen molar-refractivity contribution in [2.75, 3.05) is 24.5 Å². The molecule has 0 atom stereocenters. The molecule has 0 aromatic carbocycles. The zero-order valence-corrected chi connectivity index (χ0v) is 10.9. The minimum absolute atomic E-state index is 0.0947. The molecule has 7 heteroatoms. The molecule has 0 aliphatic heterocycles. The number of carbonyl (C=O) groups excluding carboxylic acids is 2. The highest BCUT2D eigenvalue weighted by molar-refractivity contribution is 5.84. The lowest BCUT2D eigenvalue weighted by atomic mass is 10.2. The molecule has 0 fully saturated rings. The third-order valence-corrected chi connectivity index (χ3v) is 2.41. The minimum atomic E-state index is -0.542. The Hall–Kier alpha value is -2.15. The highest BCUT2D eigenvalue weighted by Gasteiger charge is 2.13. The quantitative estimate of drug-likeness (QED) is 0.556. The van der Waals surface area contributed by atoms with Crippen LogP contribution in [0.4, 0.5) is 5.82 Å². The van der Waals surface area contributed by atoms with Crippen LogP contribution in [0, 0.1) is 0 Å². The fraction of sp³-hybridized carbons (Fsp3) is 0.417. The van der Waals surface area contributed by atoms with E-state index in [1.165, 1.54) is 4.90 Å². The molecule has 104 valence electrons. The number of primary amides is 2. The van der Waals surface area contributed by atoms with Crippen LogP contribution in [0.15, 0.2) is 18.3 Å². The summed E-state index contributed by atoms with van der Waals surface area (Å²) in [5.41, 5.74) is 11.3. The van der Waals surface area contributed by atoms with Crippen molar-refractivity contribution in [2.24, 2.45) is 11.5 Å². The van der Waals surface area contributed by atoms with Crippen molar-refractivity contribution in [1.29, 1.82) is 0 Å². The summed E-state index contributed by atoms with van der Waals surface area (Å²) < 4.78 is 0. The molecule has 0 aliphatic rings. The summed E-state index contributed by atoms with van der Waals surface area (Å²) in [5, 5.41) is 3.18. The first-order chi connectivity index (χ1) is 9.02. The van der Waals surface area contributed by atoms with Crippen molar-refractivity contribution in [3.8, 4) is 0 Å². The van der Waals surface area contributed by atoms with Crippen LogP contribution in [-0.4, -0.2) is 36.4 Å². The van der Waals surface area contributed by atoms with Crippen molar-refractivity contribution in [3.05, 3.63) is 23.9 Å². The summed E-state index contributed by atoms with van der Waals surface area (Å²) in [7, 11) is 0. The Morgan fingerprint density at radius 1 is 1.26 bits per heavy atom. The molecular weight excluding hydrogens is 246 g/mol. The van der Waals surface area contributed by atoms with Gasteiger partial charge >= 0.3 is 0 Å². The molecular formula is C12H19N5O2. The first-order valence-corrected chi connectivity index (χ1v) is 6.00. The molecule has 19 heavy (non-hydrogen) atoms. The van der Waals surface area contributed by atoms with E-state index in [0.717, 1.165) is 18.7 Å². The number of pyridine rings is 1. The van der Waals surface area contributed by atoms with E-state index in [1.807, 2.05) is 13.0 Å². The van der Waals surface area contributed by atoms with Gasteiger partial charge in [0, 0.05) is 12.7 Å². The number of amides is 2. The summed E-state index contributed by atoms with van der Waals surface area (Å²) in [6, 6.07) is 3.61. The van der Waals surface area contributed by atoms with E-state index < -0.39 is 11.8 Å². The third-order valence-electron chi connectivity index (χ3n) is 2.41. The van der Waals surface area contributed by atoms with Gasteiger partial charge in [-0.2, -0.15) is 0 Å². The maximum absolute atomic E-state index is 11.0. The van der Waals surface area contributed by atoms with Crippen LogP contribution in [0.3, 0.4) is 0 Å². The number of anilines is 1. The van der Waals surface area contributed by atoms with Gasteiger partial charge in [0.15, 0.2) is 0 Å². The SMILES string of the molecule is CCNCc1ccc(N(CC(N)=O)CC(N)=O)nc1. The maximum atomic E-state index is 11.0. The van der Waals surface area contributed by atoms with Crippen LogP contribution in [0.1, 0.15) is 12.5 Å². The Morgan fingerprint density at radius 2 is 1.89 bits per heavy atom. The Bertz CT molecular complexity index is 416.